The number of amides is 3. The molecule has 0 fully saturated rings. The Morgan fingerprint density at radius 2 is 1.92 bits per heavy atom. The number of nitrogens with zero attached hydrogens (tertiary/aromatic N) is 1. The van der Waals surface area contributed by atoms with Gasteiger partial charge in [0.2, 0.25) is 0 Å². The van der Waals surface area contributed by atoms with Crippen LogP contribution in [-0.4, -0.2) is 47.9 Å². The molecule has 1 aromatic carbocycles. The van der Waals surface area contributed by atoms with Crippen molar-refractivity contribution < 1.29 is 19.4 Å². The molecule has 0 saturated heterocycles. The van der Waals surface area contributed by atoms with Crippen LogP contribution in [0.2, 0.25) is 0 Å². The van der Waals surface area contributed by atoms with E-state index in [9.17, 15) is 9.59 Å². The molecule has 0 spiro atoms. The highest BCUT2D eigenvalue weighted by Gasteiger charge is 2.20. The minimum atomic E-state index is -0.560. The third-order valence-electron chi connectivity index (χ3n) is 3.00. The number of para-hydroxylation sites is 1. The molecule has 7 nitrogen and oxygen atoms in total. The normalized spacial score (nSPS) is 10.9. The number of rotatable bonds is 6. The van der Waals surface area contributed by atoms with Crippen molar-refractivity contribution in [2.75, 3.05) is 25.5 Å². The summed E-state index contributed by atoms with van der Waals surface area (Å²) >= 11 is 0. The molecular formula is C17H27N3O4. The van der Waals surface area contributed by atoms with Gasteiger partial charge in [-0.05, 0) is 38.8 Å². The summed E-state index contributed by atoms with van der Waals surface area (Å²) in [5, 5.41) is 14.1. The second-order valence-electron chi connectivity index (χ2n) is 6.45. The third-order valence-corrected chi connectivity index (χ3v) is 3.00. The van der Waals surface area contributed by atoms with Gasteiger partial charge in [0.05, 0.1) is 6.54 Å². The Bertz CT molecular complexity index is 555. The van der Waals surface area contributed by atoms with Crippen LogP contribution in [0.15, 0.2) is 24.3 Å². The van der Waals surface area contributed by atoms with Gasteiger partial charge in [0.15, 0.2) is 0 Å². The Kier molecular flexibility index (Phi) is 7.51. The Morgan fingerprint density at radius 1 is 1.25 bits per heavy atom. The number of nitrogens with one attached hydrogen (secondary N) is 2. The molecule has 0 atom stereocenters. The van der Waals surface area contributed by atoms with E-state index < -0.39 is 11.7 Å². The second kappa shape index (κ2) is 9.12. The summed E-state index contributed by atoms with van der Waals surface area (Å²) in [5.74, 6) is 0. The minimum Gasteiger partial charge on any atom is -0.444 e. The van der Waals surface area contributed by atoms with E-state index in [0.717, 1.165) is 5.56 Å². The van der Waals surface area contributed by atoms with E-state index in [0.29, 0.717) is 25.2 Å². The molecule has 24 heavy (non-hydrogen) atoms. The van der Waals surface area contributed by atoms with E-state index in [1.807, 2.05) is 32.9 Å². The van der Waals surface area contributed by atoms with E-state index in [1.165, 1.54) is 4.90 Å². The van der Waals surface area contributed by atoms with Gasteiger partial charge in [-0.25, -0.2) is 9.59 Å². The molecule has 0 radical (unpaired) electrons. The maximum Gasteiger partial charge on any atom is 0.410 e. The Morgan fingerprint density at radius 3 is 2.54 bits per heavy atom. The number of ether oxygens (including phenoxy) is 1. The lowest BCUT2D eigenvalue weighted by Crippen LogP contribution is -2.34. The summed E-state index contributed by atoms with van der Waals surface area (Å²) in [6.07, 6.45) is 0.0703. The lowest BCUT2D eigenvalue weighted by molar-refractivity contribution is 0.0285. The molecule has 1 aromatic rings. The van der Waals surface area contributed by atoms with Gasteiger partial charge in [0, 0.05) is 25.9 Å². The first-order chi connectivity index (χ1) is 11.2. The predicted octanol–water partition coefficient (Wildman–Crippen LogP) is 2.56. The lowest BCUT2D eigenvalue weighted by atomic mass is 10.1. The molecule has 0 bridgehead atoms. The number of carbonyl (C=O) groups is 2. The van der Waals surface area contributed by atoms with E-state index in [1.54, 1.807) is 19.2 Å². The van der Waals surface area contributed by atoms with Crippen molar-refractivity contribution in [3.63, 3.8) is 0 Å². The van der Waals surface area contributed by atoms with Gasteiger partial charge in [-0.3, -0.25) is 0 Å². The van der Waals surface area contributed by atoms with Crippen molar-refractivity contribution in [2.45, 2.75) is 39.3 Å². The van der Waals surface area contributed by atoms with Crippen LogP contribution in [0.5, 0.6) is 0 Å². The van der Waals surface area contributed by atoms with Gasteiger partial charge in [-0.2, -0.15) is 0 Å². The van der Waals surface area contributed by atoms with Crippen molar-refractivity contribution in [3.05, 3.63) is 29.8 Å². The van der Waals surface area contributed by atoms with Gasteiger partial charge < -0.3 is 25.4 Å². The molecule has 134 valence electrons. The maximum atomic E-state index is 12.1. The summed E-state index contributed by atoms with van der Waals surface area (Å²) in [4.78, 5) is 25.3. The average Bonchev–Trinajstić information content (AvgIpc) is 2.47. The fraction of sp³-hybridized carbons (Fsp3) is 0.529. The highest BCUT2D eigenvalue weighted by molar-refractivity contribution is 5.90. The van der Waals surface area contributed by atoms with Crippen LogP contribution in [-0.2, 0) is 11.3 Å². The predicted molar refractivity (Wildman–Crippen MR) is 92.9 cm³/mol. The maximum absolute atomic E-state index is 12.1. The topological polar surface area (TPSA) is 90.9 Å². The van der Waals surface area contributed by atoms with E-state index >= 15 is 0 Å². The highest BCUT2D eigenvalue weighted by Crippen LogP contribution is 2.18. The first kappa shape index (κ1) is 19.8. The SMILES string of the molecule is CN(Cc1ccccc1NC(=O)NCCCO)C(=O)OC(C)(C)C. The minimum absolute atomic E-state index is 0.0253. The molecular weight excluding hydrogens is 310 g/mol. The van der Waals surface area contributed by atoms with Crippen molar-refractivity contribution in [1.82, 2.24) is 10.2 Å². The van der Waals surface area contributed by atoms with Crippen molar-refractivity contribution in [1.29, 1.82) is 0 Å². The van der Waals surface area contributed by atoms with E-state index in [-0.39, 0.29) is 12.6 Å². The summed E-state index contributed by atoms with van der Waals surface area (Å²) < 4.78 is 5.32. The smallest absolute Gasteiger partial charge is 0.410 e. The molecule has 7 heteroatoms. The zero-order chi connectivity index (χ0) is 18.2. The molecule has 0 heterocycles. The number of aliphatic hydroxyl groups excluding tert-OH is 1. The number of aliphatic hydroxyl groups is 1. The van der Waals surface area contributed by atoms with Gasteiger partial charge >= 0.3 is 12.1 Å². The average molecular weight is 337 g/mol. The van der Waals surface area contributed by atoms with Crippen LogP contribution in [0.25, 0.3) is 0 Å². The fourth-order valence-corrected chi connectivity index (χ4v) is 1.89. The zero-order valence-corrected chi connectivity index (χ0v) is 14.8. The standard InChI is InChI=1S/C17H27N3O4/c1-17(2,3)24-16(23)20(4)12-13-8-5-6-9-14(13)19-15(22)18-10-7-11-21/h5-6,8-9,21H,7,10-12H2,1-4H3,(H2,18,19,22). The first-order valence-corrected chi connectivity index (χ1v) is 7.90. The highest BCUT2D eigenvalue weighted by atomic mass is 16.6. The Balaban J connectivity index is 2.69. The molecule has 0 aliphatic rings. The Hall–Kier alpha value is -2.28. The van der Waals surface area contributed by atoms with Crippen LogP contribution in [0.4, 0.5) is 15.3 Å². The summed E-state index contributed by atoms with van der Waals surface area (Å²) in [6.45, 7) is 6.16. The molecule has 0 aliphatic carbocycles. The summed E-state index contributed by atoms with van der Waals surface area (Å²) in [6, 6.07) is 6.90. The van der Waals surface area contributed by atoms with E-state index in [4.69, 9.17) is 9.84 Å². The van der Waals surface area contributed by atoms with Crippen LogP contribution >= 0.6 is 0 Å². The number of hydrogen-bond donors (Lipinski definition) is 3. The van der Waals surface area contributed by atoms with Crippen LogP contribution < -0.4 is 10.6 Å². The van der Waals surface area contributed by atoms with Gasteiger partial charge in [-0.1, -0.05) is 18.2 Å². The number of urea groups is 1. The van der Waals surface area contributed by atoms with Gasteiger partial charge in [0.25, 0.3) is 0 Å². The van der Waals surface area contributed by atoms with Crippen LogP contribution in [0.3, 0.4) is 0 Å². The number of benzene rings is 1. The van der Waals surface area contributed by atoms with Gasteiger partial charge in [-0.15, -0.1) is 0 Å². The Labute approximate surface area is 143 Å². The largest absolute Gasteiger partial charge is 0.444 e. The third kappa shape index (κ3) is 7.32. The van der Waals surface area contributed by atoms with Crippen molar-refractivity contribution >= 4 is 17.8 Å². The molecule has 0 unspecified atom stereocenters. The number of hydrogen-bond acceptors (Lipinski definition) is 4. The molecule has 1 rings (SSSR count). The lowest BCUT2D eigenvalue weighted by Gasteiger charge is -2.25. The molecule has 3 N–H and O–H groups in total. The molecule has 0 aromatic heterocycles. The second-order valence-corrected chi connectivity index (χ2v) is 6.45. The molecule has 0 aliphatic heterocycles. The molecule has 3 amide bonds. The fourth-order valence-electron chi connectivity index (χ4n) is 1.89. The van der Waals surface area contributed by atoms with Gasteiger partial charge in [0.1, 0.15) is 5.60 Å². The molecule has 0 saturated carbocycles. The quantitative estimate of drug-likeness (QED) is 0.696. The first-order valence-electron chi connectivity index (χ1n) is 7.90. The monoisotopic (exact) mass is 337 g/mol. The van der Waals surface area contributed by atoms with Crippen LogP contribution in [0, 0.1) is 0 Å². The van der Waals surface area contributed by atoms with Crippen molar-refractivity contribution in [2.24, 2.45) is 0 Å². The van der Waals surface area contributed by atoms with E-state index in [2.05, 4.69) is 10.6 Å². The summed E-state index contributed by atoms with van der Waals surface area (Å²) in [7, 11) is 1.65. The summed E-state index contributed by atoms with van der Waals surface area (Å²) in [5.41, 5.74) is 0.855. The van der Waals surface area contributed by atoms with Crippen molar-refractivity contribution in [3.8, 4) is 0 Å². The van der Waals surface area contributed by atoms with Crippen LogP contribution in [0.1, 0.15) is 32.8 Å². The number of anilines is 1. The zero-order valence-electron chi connectivity index (χ0n) is 14.8. The number of carbonyl (C=O) groups excluding carboxylic acids is 2.